The largest absolute Gasteiger partial charge is 0.444 e. The van der Waals surface area contributed by atoms with Crippen molar-refractivity contribution in [1.82, 2.24) is 10.8 Å². The Bertz CT molecular complexity index is 355. The fourth-order valence-corrected chi connectivity index (χ4v) is 2.35. The monoisotopic (exact) mass is 286 g/mol. The molecule has 0 aromatic carbocycles. The van der Waals surface area contributed by atoms with Crippen molar-refractivity contribution in [1.29, 1.82) is 0 Å². The van der Waals surface area contributed by atoms with E-state index in [4.69, 9.17) is 9.57 Å². The molecule has 0 radical (unpaired) electrons. The number of nitrogens with one attached hydrogen (secondary N) is 2. The lowest BCUT2D eigenvalue weighted by atomic mass is 9.76. The van der Waals surface area contributed by atoms with Crippen LogP contribution < -0.4 is 10.8 Å². The second-order valence-corrected chi connectivity index (χ2v) is 6.53. The van der Waals surface area contributed by atoms with E-state index in [9.17, 15) is 9.59 Å². The Hall–Kier alpha value is -1.30. The Kier molecular flexibility index (Phi) is 5.39. The molecule has 0 spiro atoms. The Morgan fingerprint density at radius 2 is 1.75 bits per heavy atom. The van der Waals surface area contributed by atoms with Crippen LogP contribution in [0.25, 0.3) is 0 Å². The summed E-state index contributed by atoms with van der Waals surface area (Å²) >= 11 is 0. The highest BCUT2D eigenvalue weighted by atomic mass is 16.6. The van der Waals surface area contributed by atoms with Gasteiger partial charge in [-0.2, -0.15) is 0 Å². The average molecular weight is 286 g/mol. The molecule has 1 aliphatic carbocycles. The smallest absolute Gasteiger partial charge is 0.408 e. The molecule has 1 aliphatic rings. The number of ether oxygens (including phenoxy) is 1. The first-order valence-corrected chi connectivity index (χ1v) is 7.03. The summed E-state index contributed by atoms with van der Waals surface area (Å²) in [6.45, 7) is 7.51. The molecule has 6 nitrogen and oxygen atoms in total. The molecule has 0 aliphatic heterocycles. The van der Waals surface area contributed by atoms with Gasteiger partial charge in [0.25, 0.3) is 5.91 Å². The molecule has 20 heavy (non-hydrogen) atoms. The van der Waals surface area contributed by atoms with E-state index in [0.29, 0.717) is 18.8 Å². The van der Waals surface area contributed by atoms with Crippen LogP contribution >= 0.6 is 0 Å². The number of alkyl carbamates (subject to hydrolysis) is 1. The molecule has 0 bridgehead atoms. The molecule has 0 aromatic heterocycles. The van der Waals surface area contributed by atoms with E-state index in [2.05, 4.69) is 17.7 Å². The third-order valence-corrected chi connectivity index (χ3v) is 3.50. The first-order chi connectivity index (χ1) is 9.18. The summed E-state index contributed by atoms with van der Waals surface area (Å²) in [4.78, 5) is 28.9. The molecular weight excluding hydrogens is 260 g/mol. The summed E-state index contributed by atoms with van der Waals surface area (Å²) in [7, 11) is 1.38. The summed E-state index contributed by atoms with van der Waals surface area (Å²) < 4.78 is 5.25. The minimum Gasteiger partial charge on any atom is -0.444 e. The maximum absolute atomic E-state index is 12.2. The zero-order valence-corrected chi connectivity index (χ0v) is 13.0. The highest BCUT2D eigenvalue weighted by Crippen LogP contribution is 2.32. The van der Waals surface area contributed by atoms with Crippen molar-refractivity contribution in [2.45, 2.75) is 64.5 Å². The molecule has 116 valence electrons. The number of hydrogen-bond donors (Lipinski definition) is 2. The van der Waals surface area contributed by atoms with Gasteiger partial charge in [0.2, 0.25) is 0 Å². The number of carbonyl (C=O) groups is 2. The van der Waals surface area contributed by atoms with Gasteiger partial charge in [0, 0.05) is 0 Å². The topological polar surface area (TPSA) is 76.7 Å². The zero-order valence-electron chi connectivity index (χ0n) is 13.0. The summed E-state index contributed by atoms with van der Waals surface area (Å²) in [5.41, 5.74) is 0.798. The Balaban J connectivity index is 2.78. The molecule has 2 N–H and O–H groups in total. The Labute approximate surface area is 120 Å². The van der Waals surface area contributed by atoms with Crippen LogP contribution in [0.4, 0.5) is 4.79 Å². The van der Waals surface area contributed by atoms with Gasteiger partial charge in [-0.25, -0.2) is 10.3 Å². The first-order valence-electron chi connectivity index (χ1n) is 7.03. The summed E-state index contributed by atoms with van der Waals surface area (Å²) in [6, 6.07) is 0. The van der Waals surface area contributed by atoms with Gasteiger partial charge in [-0.05, 0) is 52.4 Å². The Morgan fingerprint density at radius 1 is 1.20 bits per heavy atom. The van der Waals surface area contributed by atoms with Crippen molar-refractivity contribution in [3.05, 3.63) is 0 Å². The summed E-state index contributed by atoms with van der Waals surface area (Å²) in [5.74, 6) is 0.233. The zero-order chi connectivity index (χ0) is 15.4. The van der Waals surface area contributed by atoms with Crippen LogP contribution in [0, 0.1) is 5.92 Å². The highest BCUT2D eigenvalue weighted by molar-refractivity contribution is 5.89. The predicted octanol–water partition coefficient (Wildman–Crippen LogP) is 2.14. The van der Waals surface area contributed by atoms with Crippen LogP contribution in [0.1, 0.15) is 53.4 Å². The van der Waals surface area contributed by atoms with Gasteiger partial charge in [0.05, 0.1) is 7.11 Å². The minimum atomic E-state index is -0.940. The van der Waals surface area contributed by atoms with Crippen molar-refractivity contribution >= 4 is 12.0 Å². The fourth-order valence-electron chi connectivity index (χ4n) is 2.35. The van der Waals surface area contributed by atoms with Crippen molar-refractivity contribution in [2.24, 2.45) is 5.92 Å². The van der Waals surface area contributed by atoms with E-state index in [1.165, 1.54) is 7.11 Å². The molecule has 1 rings (SSSR count). The van der Waals surface area contributed by atoms with Gasteiger partial charge >= 0.3 is 6.09 Å². The maximum Gasteiger partial charge on any atom is 0.408 e. The average Bonchev–Trinajstić information content (AvgIpc) is 2.30. The van der Waals surface area contributed by atoms with Crippen LogP contribution in [-0.2, 0) is 14.4 Å². The normalized spacial score (nSPS) is 26.8. The number of carbonyl (C=O) groups excluding carboxylic acids is 2. The molecule has 0 atom stereocenters. The third kappa shape index (κ3) is 4.67. The van der Waals surface area contributed by atoms with E-state index in [0.717, 1.165) is 12.8 Å². The van der Waals surface area contributed by atoms with Crippen LogP contribution in [0.3, 0.4) is 0 Å². The third-order valence-electron chi connectivity index (χ3n) is 3.50. The molecule has 0 heterocycles. The molecule has 0 saturated heterocycles. The van der Waals surface area contributed by atoms with Crippen molar-refractivity contribution < 1.29 is 19.2 Å². The van der Waals surface area contributed by atoms with Crippen molar-refractivity contribution in [2.75, 3.05) is 7.11 Å². The van der Waals surface area contributed by atoms with Gasteiger partial charge in [-0.3, -0.25) is 9.63 Å². The second-order valence-electron chi connectivity index (χ2n) is 6.53. The predicted molar refractivity (Wildman–Crippen MR) is 74.9 cm³/mol. The highest BCUT2D eigenvalue weighted by Gasteiger charge is 2.43. The van der Waals surface area contributed by atoms with Crippen molar-refractivity contribution in [3.63, 3.8) is 0 Å². The van der Waals surface area contributed by atoms with Crippen LogP contribution in [0.2, 0.25) is 0 Å². The summed E-state index contributed by atoms with van der Waals surface area (Å²) in [5, 5.41) is 2.74. The minimum absolute atomic E-state index is 0.322. The molecule has 0 aromatic rings. The number of hydrogen-bond acceptors (Lipinski definition) is 4. The lowest BCUT2D eigenvalue weighted by Crippen LogP contribution is -2.60. The van der Waals surface area contributed by atoms with Gasteiger partial charge < -0.3 is 10.1 Å². The SMILES string of the molecule is CONC(=O)C1(NC(=O)OC(C)(C)C)CCC(C)CC1. The van der Waals surface area contributed by atoms with E-state index < -0.39 is 17.2 Å². The van der Waals surface area contributed by atoms with Crippen LogP contribution in [0.15, 0.2) is 0 Å². The van der Waals surface area contributed by atoms with E-state index in [-0.39, 0.29) is 5.91 Å². The van der Waals surface area contributed by atoms with Gasteiger partial charge in [-0.15, -0.1) is 0 Å². The quantitative estimate of drug-likeness (QED) is 0.779. The maximum atomic E-state index is 12.2. The number of amides is 2. The lowest BCUT2D eigenvalue weighted by Gasteiger charge is -2.38. The van der Waals surface area contributed by atoms with Gasteiger partial charge in [0.1, 0.15) is 11.1 Å². The first kappa shape index (κ1) is 16.8. The van der Waals surface area contributed by atoms with Gasteiger partial charge in [0.15, 0.2) is 0 Å². The van der Waals surface area contributed by atoms with E-state index >= 15 is 0 Å². The summed E-state index contributed by atoms with van der Waals surface area (Å²) in [6.07, 6.45) is 2.36. The van der Waals surface area contributed by atoms with Gasteiger partial charge in [-0.1, -0.05) is 6.92 Å². The number of hydroxylamine groups is 1. The fraction of sp³-hybridized carbons (Fsp3) is 0.857. The standard InChI is InChI=1S/C14H26N2O4/c1-10-6-8-14(9-7-10,11(17)16-19-5)15-12(18)20-13(2,3)4/h10H,6-9H2,1-5H3,(H,15,18)(H,16,17). The molecule has 1 saturated carbocycles. The van der Waals surface area contributed by atoms with Crippen molar-refractivity contribution in [3.8, 4) is 0 Å². The molecule has 1 fully saturated rings. The Morgan fingerprint density at radius 3 is 2.20 bits per heavy atom. The van der Waals surface area contributed by atoms with Crippen LogP contribution in [-0.4, -0.2) is 30.3 Å². The number of rotatable bonds is 3. The lowest BCUT2D eigenvalue weighted by molar-refractivity contribution is -0.140. The molecule has 6 heteroatoms. The molecular formula is C14H26N2O4. The molecule has 2 amide bonds. The van der Waals surface area contributed by atoms with E-state index in [1.54, 1.807) is 20.8 Å². The molecule has 0 unspecified atom stereocenters. The van der Waals surface area contributed by atoms with E-state index in [1.807, 2.05) is 0 Å². The van der Waals surface area contributed by atoms with Crippen LogP contribution in [0.5, 0.6) is 0 Å². The second kappa shape index (κ2) is 6.43.